The molecule has 2 rings (SSSR count). The molecule has 0 aliphatic carbocycles. The molecule has 2 aromatic rings. The van der Waals surface area contributed by atoms with Gasteiger partial charge in [-0.05, 0) is 12.1 Å². The third kappa shape index (κ3) is 2.95. The number of pyridine rings is 1. The number of aromatic nitrogens is 1. The van der Waals surface area contributed by atoms with E-state index in [0.29, 0.717) is 6.07 Å². The highest BCUT2D eigenvalue weighted by Gasteiger charge is 2.24. The standard InChI is InChI=1S/C12H6ClF2N3O3/c13-7-5-16-4-3-6(7)12(19)17-11-9(18(20)21)2-1-8(14)10(11)15/h1-5H,(H,17,19). The maximum atomic E-state index is 13.7. The quantitative estimate of drug-likeness (QED) is 0.696. The summed E-state index contributed by atoms with van der Waals surface area (Å²) in [6.07, 6.45) is 2.43. The first-order valence-corrected chi connectivity index (χ1v) is 5.83. The highest BCUT2D eigenvalue weighted by molar-refractivity contribution is 6.34. The number of amides is 1. The van der Waals surface area contributed by atoms with Crippen molar-refractivity contribution in [2.75, 3.05) is 5.32 Å². The smallest absolute Gasteiger partial charge is 0.296 e. The molecule has 9 heteroatoms. The van der Waals surface area contributed by atoms with Crippen molar-refractivity contribution in [2.24, 2.45) is 0 Å². The van der Waals surface area contributed by atoms with Crippen molar-refractivity contribution in [2.45, 2.75) is 0 Å². The van der Waals surface area contributed by atoms with Gasteiger partial charge in [-0.15, -0.1) is 0 Å². The Morgan fingerprint density at radius 3 is 2.67 bits per heavy atom. The molecule has 0 aliphatic heterocycles. The number of nitro groups is 1. The fraction of sp³-hybridized carbons (Fsp3) is 0. The fourth-order valence-electron chi connectivity index (χ4n) is 1.55. The summed E-state index contributed by atoms with van der Waals surface area (Å²) in [5.74, 6) is -3.77. The van der Waals surface area contributed by atoms with Crippen LogP contribution in [0.1, 0.15) is 10.4 Å². The second kappa shape index (κ2) is 5.80. The Morgan fingerprint density at radius 2 is 2.05 bits per heavy atom. The second-order valence-electron chi connectivity index (χ2n) is 3.82. The van der Waals surface area contributed by atoms with Gasteiger partial charge in [0, 0.05) is 18.5 Å². The van der Waals surface area contributed by atoms with Gasteiger partial charge >= 0.3 is 0 Å². The molecule has 1 amide bonds. The van der Waals surface area contributed by atoms with E-state index in [0.717, 1.165) is 6.07 Å². The molecule has 1 N–H and O–H groups in total. The van der Waals surface area contributed by atoms with Crippen molar-refractivity contribution in [1.29, 1.82) is 0 Å². The Bertz CT molecular complexity index is 740. The van der Waals surface area contributed by atoms with Gasteiger partial charge in [0.15, 0.2) is 17.3 Å². The molecule has 0 aliphatic rings. The first kappa shape index (κ1) is 14.8. The monoisotopic (exact) mass is 313 g/mol. The lowest BCUT2D eigenvalue weighted by molar-refractivity contribution is -0.384. The zero-order valence-electron chi connectivity index (χ0n) is 10.1. The molecule has 0 radical (unpaired) electrons. The van der Waals surface area contributed by atoms with Gasteiger partial charge in [-0.2, -0.15) is 0 Å². The molecule has 1 aromatic heterocycles. The number of anilines is 1. The summed E-state index contributed by atoms with van der Waals surface area (Å²) in [4.78, 5) is 25.5. The van der Waals surface area contributed by atoms with E-state index >= 15 is 0 Å². The molecule has 0 spiro atoms. The van der Waals surface area contributed by atoms with Crippen LogP contribution in [0.2, 0.25) is 5.02 Å². The first-order valence-electron chi connectivity index (χ1n) is 5.45. The van der Waals surface area contributed by atoms with Crippen LogP contribution in [0.5, 0.6) is 0 Å². The Kier molecular flexibility index (Phi) is 4.08. The van der Waals surface area contributed by atoms with Crippen molar-refractivity contribution in [1.82, 2.24) is 4.98 Å². The third-order valence-corrected chi connectivity index (χ3v) is 2.83. The van der Waals surface area contributed by atoms with Crippen LogP contribution in [-0.2, 0) is 0 Å². The van der Waals surface area contributed by atoms with Crippen molar-refractivity contribution >= 4 is 28.9 Å². The zero-order valence-corrected chi connectivity index (χ0v) is 10.9. The van der Waals surface area contributed by atoms with Gasteiger partial charge in [0.05, 0.1) is 15.5 Å². The van der Waals surface area contributed by atoms with Gasteiger partial charge in [-0.25, -0.2) is 8.78 Å². The van der Waals surface area contributed by atoms with E-state index < -0.39 is 33.8 Å². The third-order valence-electron chi connectivity index (χ3n) is 2.53. The average molecular weight is 314 g/mol. The van der Waals surface area contributed by atoms with Crippen LogP contribution in [0.15, 0.2) is 30.6 Å². The van der Waals surface area contributed by atoms with Gasteiger partial charge in [0.25, 0.3) is 11.6 Å². The maximum absolute atomic E-state index is 13.7. The minimum Gasteiger partial charge on any atom is -0.314 e. The molecule has 1 heterocycles. The highest BCUT2D eigenvalue weighted by atomic mass is 35.5. The molecular weight excluding hydrogens is 308 g/mol. The summed E-state index contributed by atoms with van der Waals surface area (Å²) in [7, 11) is 0. The first-order chi connectivity index (χ1) is 9.91. The minimum atomic E-state index is -1.53. The Hall–Kier alpha value is -2.61. The molecule has 0 unspecified atom stereocenters. The van der Waals surface area contributed by atoms with E-state index in [1.54, 1.807) is 0 Å². The van der Waals surface area contributed by atoms with Gasteiger partial charge in [-0.3, -0.25) is 19.9 Å². The predicted molar refractivity (Wildman–Crippen MR) is 70.2 cm³/mol. The molecule has 0 bridgehead atoms. The van der Waals surface area contributed by atoms with Gasteiger partial charge in [-0.1, -0.05) is 11.6 Å². The number of nitrogens with one attached hydrogen (secondary N) is 1. The molecule has 0 fully saturated rings. The van der Waals surface area contributed by atoms with E-state index in [1.165, 1.54) is 18.5 Å². The number of carbonyl (C=O) groups is 1. The summed E-state index contributed by atoms with van der Waals surface area (Å²) in [5.41, 5.74) is -1.71. The molecular formula is C12H6ClF2N3O3. The molecule has 0 atom stereocenters. The number of rotatable bonds is 3. The van der Waals surface area contributed by atoms with Crippen LogP contribution in [-0.4, -0.2) is 15.8 Å². The Morgan fingerprint density at radius 1 is 1.33 bits per heavy atom. The van der Waals surface area contributed by atoms with E-state index in [9.17, 15) is 23.7 Å². The molecule has 6 nitrogen and oxygen atoms in total. The zero-order chi connectivity index (χ0) is 15.6. The SMILES string of the molecule is O=C(Nc1c([N+](=O)[O-])ccc(F)c1F)c1ccncc1Cl. The number of halogens is 3. The van der Waals surface area contributed by atoms with Crippen LogP contribution in [0, 0.1) is 21.7 Å². The lowest BCUT2D eigenvalue weighted by Crippen LogP contribution is -2.15. The molecule has 0 saturated carbocycles. The number of nitrogens with zero attached hydrogens (tertiary/aromatic N) is 2. The number of hydrogen-bond donors (Lipinski definition) is 1. The van der Waals surface area contributed by atoms with Crippen molar-refractivity contribution < 1.29 is 18.5 Å². The van der Waals surface area contributed by atoms with Crippen molar-refractivity contribution in [3.63, 3.8) is 0 Å². The lowest BCUT2D eigenvalue weighted by atomic mass is 10.2. The Balaban J connectivity index is 2.44. The maximum Gasteiger partial charge on any atom is 0.296 e. The summed E-state index contributed by atoms with van der Waals surface area (Å²) in [5, 5.41) is 12.7. The van der Waals surface area contributed by atoms with Crippen LogP contribution in [0.25, 0.3) is 0 Å². The molecule has 1 aromatic carbocycles. The van der Waals surface area contributed by atoms with Crippen LogP contribution in [0.3, 0.4) is 0 Å². The summed E-state index contributed by atoms with van der Waals surface area (Å²) in [6, 6.07) is 2.59. The van der Waals surface area contributed by atoms with Crippen molar-refractivity contribution in [3.05, 3.63) is 62.9 Å². The van der Waals surface area contributed by atoms with Gasteiger partial charge in [0.1, 0.15) is 0 Å². The Labute approximate surface area is 121 Å². The summed E-state index contributed by atoms with van der Waals surface area (Å²) < 4.78 is 26.8. The van der Waals surface area contributed by atoms with E-state index in [1.807, 2.05) is 5.32 Å². The summed E-state index contributed by atoms with van der Waals surface area (Å²) in [6.45, 7) is 0. The predicted octanol–water partition coefficient (Wildman–Crippen LogP) is 3.17. The molecule has 108 valence electrons. The van der Waals surface area contributed by atoms with E-state index in [2.05, 4.69) is 4.98 Å². The van der Waals surface area contributed by atoms with E-state index in [4.69, 9.17) is 11.6 Å². The topological polar surface area (TPSA) is 85.1 Å². The van der Waals surface area contributed by atoms with E-state index in [-0.39, 0.29) is 10.6 Å². The largest absolute Gasteiger partial charge is 0.314 e. The van der Waals surface area contributed by atoms with Gasteiger partial charge < -0.3 is 5.32 Å². The normalized spacial score (nSPS) is 10.2. The van der Waals surface area contributed by atoms with Crippen molar-refractivity contribution in [3.8, 4) is 0 Å². The average Bonchev–Trinajstić information content (AvgIpc) is 2.44. The van der Waals surface area contributed by atoms with Crippen LogP contribution in [0.4, 0.5) is 20.2 Å². The lowest BCUT2D eigenvalue weighted by Gasteiger charge is -2.08. The molecule has 21 heavy (non-hydrogen) atoms. The number of hydrogen-bond acceptors (Lipinski definition) is 4. The minimum absolute atomic E-state index is 0.0329. The number of nitro benzene ring substituents is 1. The number of carbonyl (C=O) groups excluding carboxylic acids is 1. The van der Waals surface area contributed by atoms with Gasteiger partial charge in [0.2, 0.25) is 0 Å². The number of benzene rings is 1. The van der Waals surface area contributed by atoms with Crippen LogP contribution >= 0.6 is 11.6 Å². The highest BCUT2D eigenvalue weighted by Crippen LogP contribution is 2.30. The van der Waals surface area contributed by atoms with Crippen LogP contribution < -0.4 is 5.32 Å². The summed E-state index contributed by atoms with van der Waals surface area (Å²) >= 11 is 5.73. The molecule has 0 saturated heterocycles. The fourth-order valence-corrected chi connectivity index (χ4v) is 1.76. The second-order valence-corrected chi connectivity index (χ2v) is 4.23.